The van der Waals surface area contributed by atoms with Crippen molar-refractivity contribution in [2.24, 2.45) is 0 Å². The van der Waals surface area contributed by atoms with Gasteiger partial charge in [0.1, 0.15) is 5.82 Å². The number of aldehydes is 1. The van der Waals surface area contributed by atoms with E-state index in [0.717, 1.165) is 17.4 Å². The van der Waals surface area contributed by atoms with Crippen molar-refractivity contribution in [1.29, 1.82) is 0 Å². The van der Waals surface area contributed by atoms with E-state index in [0.29, 0.717) is 11.4 Å². The van der Waals surface area contributed by atoms with Gasteiger partial charge in [-0.2, -0.15) is 0 Å². The molecule has 0 aliphatic heterocycles. The zero-order chi connectivity index (χ0) is 11.4. The van der Waals surface area contributed by atoms with Crippen LogP contribution in [0.2, 0.25) is 0 Å². The molecular weight excluding hydrogens is 200 g/mol. The summed E-state index contributed by atoms with van der Waals surface area (Å²) < 4.78 is 0. The highest BCUT2D eigenvalue weighted by Crippen LogP contribution is 2.21. The number of hydrogen-bond donors (Lipinski definition) is 1. The molecule has 2 aromatic rings. The Labute approximate surface area is 94.1 Å². The topological polar surface area (TPSA) is 42.0 Å². The van der Waals surface area contributed by atoms with E-state index in [4.69, 9.17) is 0 Å². The molecule has 0 saturated heterocycles. The SMILES string of the molecule is CNc1ncc(-c2ccccc2)cc1C=O. The molecule has 0 aliphatic carbocycles. The third kappa shape index (κ3) is 1.93. The van der Waals surface area contributed by atoms with Gasteiger partial charge in [0.2, 0.25) is 0 Å². The fraction of sp³-hybridized carbons (Fsp3) is 0.0769. The first-order valence-corrected chi connectivity index (χ1v) is 5.03. The van der Waals surface area contributed by atoms with Crippen molar-refractivity contribution in [3.05, 3.63) is 48.2 Å². The molecular formula is C13H12N2O. The van der Waals surface area contributed by atoms with Crippen LogP contribution in [0.4, 0.5) is 5.82 Å². The van der Waals surface area contributed by atoms with Crippen molar-refractivity contribution in [2.45, 2.75) is 0 Å². The molecule has 0 spiro atoms. The minimum atomic E-state index is 0.573. The van der Waals surface area contributed by atoms with E-state index in [1.807, 2.05) is 36.4 Å². The molecule has 2 rings (SSSR count). The molecule has 1 aromatic carbocycles. The third-order valence-electron chi connectivity index (χ3n) is 2.39. The van der Waals surface area contributed by atoms with Crippen LogP contribution in [0, 0.1) is 0 Å². The number of carbonyl (C=O) groups is 1. The molecule has 0 atom stereocenters. The summed E-state index contributed by atoms with van der Waals surface area (Å²) in [6, 6.07) is 11.7. The lowest BCUT2D eigenvalue weighted by Crippen LogP contribution is -1.98. The minimum absolute atomic E-state index is 0.573. The highest BCUT2D eigenvalue weighted by Gasteiger charge is 2.04. The number of carbonyl (C=O) groups excluding carboxylic acids is 1. The Bertz CT molecular complexity index is 495. The summed E-state index contributed by atoms with van der Waals surface area (Å²) in [5, 5.41) is 2.88. The van der Waals surface area contributed by atoms with Crippen molar-refractivity contribution >= 4 is 12.1 Å². The second-order valence-corrected chi connectivity index (χ2v) is 3.40. The number of nitrogens with one attached hydrogen (secondary N) is 1. The van der Waals surface area contributed by atoms with Crippen molar-refractivity contribution in [3.63, 3.8) is 0 Å². The van der Waals surface area contributed by atoms with E-state index in [2.05, 4.69) is 10.3 Å². The molecule has 1 aromatic heterocycles. The highest BCUT2D eigenvalue weighted by molar-refractivity contribution is 5.85. The van der Waals surface area contributed by atoms with Gasteiger partial charge in [-0.3, -0.25) is 4.79 Å². The second kappa shape index (κ2) is 4.57. The van der Waals surface area contributed by atoms with Gasteiger partial charge in [0.05, 0.1) is 5.56 Å². The van der Waals surface area contributed by atoms with Gasteiger partial charge in [0, 0.05) is 18.8 Å². The molecule has 80 valence electrons. The molecule has 0 fully saturated rings. The fourth-order valence-corrected chi connectivity index (χ4v) is 1.57. The Balaban J connectivity index is 2.48. The van der Waals surface area contributed by atoms with E-state index < -0.39 is 0 Å². The number of benzene rings is 1. The summed E-state index contributed by atoms with van der Waals surface area (Å²) in [6.07, 6.45) is 2.57. The van der Waals surface area contributed by atoms with Gasteiger partial charge in [0.25, 0.3) is 0 Å². The van der Waals surface area contributed by atoms with Crippen LogP contribution in [0.1, 0.15) is 10.4 Å². The van der Waals surface area contributed by atoms with Crippen molar-refractivity contribution in [2.75, 3.05) is 12.4 Å². The molecule has 3 nitrogen and oxygen atoms in total. The number of nitrogens with zero attached hydrogens (tertiary/aromatic N) is 1. The summed E-state index contributed by atoms with van der Waals surface area (Å²) in [4.78, 5) is 15.1. The van der Waals surface area contributed by atoms with Gasteiger partial charge in [-0.25, -0.2) is 4.98 Å². The normalized spacial score (nSPS) is 9.81. The smallest absolute Gasteiger partial charge is 0.153 e. The maximum atomic E-state index is 10.9. The minimum Gasteiger partial charge on any atom is -0.373 e. The van der Waals surface area contributed by atoms with Gasteiger partial charge in [-0.15, -0.1) is 0 Å². The maximum absolute atomic E-state index is 10.9. The molecule has 1 N–H and O–H groups in total. The van der Waals surface area contributed by atoms with E-state index in [-0.39, 0.29) is 0 Å². The first-order chi connectivity index (χ1) is 7.85. The van der Waals surface area contributed by atoms with Crippen LogP contribution < -0.4 is 5.32 Å². The van der Waals surface area contributed by atoms with Gasteiger partial charge in [-0.1, -0.05) is 30.3 Å². The summed E-state index contributed by atoms with van der Waals surface area (Å²) in [5.41, 5.74) is 2.58. The van der Waals surface area contributed by atoms with E-state index in [1.165, 1.54) is 0 Å². The van der Waals surface area contributed by atoms with E-state index in [9.17, 15) is 4.79 Å². The Hall–Kier alpha value is -2.16. The molecule has 0 amide bonds. The Morgan fingerprint density at radius 2 is 1.94 bits per heavy atom. The summed E-state index contributed by atoms with van der Waals surface area (Å²) in [5.74, 6) is 0.606. The molecule has 0 saturated carbocycles. The molecule has 0 unspecified atom stereocenters. The number of rotatable bonds is 3. The summed E-state index contributed by atoms with van der Waals surface area (Å²) in [6.45, 7) is 0. The molecule has 0 radical (unpaired) electrons. The van der Waals surface area contributed by atoms with Crippen LogP contribution in [0.25, 0.3) is 11.1 Å². The van der Waals surface area contributed by atoms with E-state index in [1.54, 1.807) is 13.2 Å². The van der Waals surface area contributed by atoms with E-state index >= 15 is 0 Å². The van der Waals surface area contributed by atoms with Crippen molar-refractivity contribution < 1.29 is 4.79 Å². The standard InChI is InChI=1S/C13H12N2O/c1-14-13-12(9-16)7-11(8-15-13)10-5-3-2-4-6-10/h2-9H,1H3,(H,14,15). The average Bonchev–Trinajstić information content (AvgIpc) is 2.39. The average molecular weight is 212 g/mol. The van der Waals surface area contributed by atoms with Crippen LogP contribution in [0.5, 0.6) is 0 Å². The fourth-order valence-electron chi connectivity index (χ4n) is 1.57. The first-order valence-electron chi connectivity index (χ1n) is 5.03. The highest BCUT2D eigenvalue weighted by atomic mass is 16.1. The quantitative estimate of drug-likeness (QED) is 0.795. The van der Waals surface area contributed by atoms with Crippen molar-refractivity contribution in [3.8, 4) is 11.1 Å². The molecule has 0 aliphatic rings. The van der Waals surface area contributed by atoms with Crippen molar-refractivity contribution in [1.82, 2.24) is 4.98 Å². The lowest BCUT2D eigenvalue weighted by molar-refractivity contribution is 0.112. The lowest BCUT2D eigenvalue weighted by Gasteiger charge is -2.06. The van der Waals surface area contributed by atoms with Gasteiger partial charge in [0.15, 0.2) is 6.29 Å². The van der Waals surface area contributed by atoms with Gasteiger partial charge < -0.3 is 5.32 Å². The number of hydrogen-bond acceptors (Lipinski definition) is 3. The molecule has 1 heterocycles. The summed E-state index contributed by atoms with van der Waals surface area (Å²) in [7, 11) is 1.75. The van der Waals surface area contributed by atoms with Crippen LogP contribution >= 0.6 is 0 Å². The lowest BCUT2D eigenvalue weighted by atomic mass is 10.1. The zero-order valence-electron chi connectivity index (χ0n) is 8.97. The summed E-state index contributed by atoms with van der Waals surface area (Å²) >= 11 is 0. The maximum Gasteiger partial charge on any atom is 0.153 e. The molecule has 0 bridgehead atoms. The number of pyridine rings is 1. The largest absolute Gasteiger partial charge is 0.373 e. The van der Waals surface area contributed by atoms with Crippen LogP contribution in [-0.4, -0.2) is 18.3 Å². The Kier molecular flexibility index (Phi) is 2.96. The van der Waals surface area contributed by atoms with Gasteiger partial charge >= 0.3 is 0 Å². The van der Waals surface area contributed by atoms with Crippen LogP contribution in [0.15, 0.2) is 42.6 Å². The molecule has 3 heteroatoms. The third-order valence-corrected chi connectivity index (χ3v) is 2.39. The first kappa shape index (κ1) is 10.4. The monoisotopic (exact) mass is 212 g/mol. The van der Waals surface area contributed by atoms with Gasteiger partial charge in [-0.05, 0) is 11.6 Å². The number of anilines is 1. The van der Waals surface area contributed by atoms with Crippen LogP contribution in [0.3, 0.4) is 0 Å². The Morgan fingerprint density at radius 1 is 1.19 bits per heavy atom. The predicted molar refractivity (Wildman–Crippen MR) is 64.6 cm³/mol. The molecule has 16 heavy (non-hydrogen) atoms. The second-order valence-electron chi connectivity index (χ2n) is 3.40. The number of aromatic nitrogens is 1. The Morgan fingerprint density at radius 3 is 2.56 bits per heavy atom. The zero-order valence-corrected chi connectivity index (χ0v) is 8.97. The van der Waals surface area contributed by atoms with Crippen LogP contribution in [-0.2, 0) is 0 Å². The predicted octanol–water partition coefficient (Wildman–Crippen LogP) is 2.60.